The highest BCUT2D eigenvalue weighted by atomic mass is 16.5. The normalized spacial score (nSPS) is 20.0. The molecule has 25 heavy (non-hydrogen) atoms. The lowest BCUT2D eigenvalue weighted by atomic mass is 10.0. The van der Waals surface area contributed by atoms with Gasteiger partial charge in [-0.2, -0.15) is 10.1 Å². The minimum Gasteiger partial charge on any atom is -0.384 e. The summed E-state index contributed by atoms with van der Waals surface area (Å²) in [4.78, 5) is 19.4. The molecule has 2 aliphatic rings. The molecule has 1 N–H and O–H groups in total. The number of amides is 1. The zero-order valence-electron chi connectivity index (χ0n) is 14.5. The van der Waals surface area contributed by atoms with Gasteiger partial charge in [0, 0.05) is 31.3 Å². The molecular formula is C17H23N5O3. The maximum atomic E-state index is 13.1. The molecule has 134 valence electrons. The number of nitrogens with one attached hydrogen (secondary N) is 1. The van der Waals surface area contributed by atoms with E-state index in [1.54, 1.807) is 7.11 Å². The molecule has 2 aromatic rings. The quantitative estimate of drug-likeness (QED) is 0.888. The number of ether oxygens (including phenoxy) is 1. The van der Waals surface area contributed by atoms with Crippen LogP contribution in [0.15, 0.2) is 4.52 Å². The van der Waals surface area contributed by atoms with Gasteiger partial charge in [-0.25, -0.2) is 0 Å². The zero-order valence-corrected chi connectivity index (χ0v) is 14.5. The molecule has 0 bridgehead atoms. The van der Waals surface area contributed by atoms with Crippen molar-refractivity contribution in [3.05, 3.63) is 28.7 Å². The standard InChI is InChI=1S/C17H23N5O3/c1-24-10-8-14-18-16(25-21-14)13-7-2-3-9-22(13)17(23)15-11-5-4-6-12(11)19-20-15/h13H,2-10H2,1H3,(H,19,20). The van der Waals surface area contributed by atoms with E-state index in [1.807, 2.05) is 4.90 Å². The molecule has 2 aromatic heterocycles. The van der Waals surface area contributed by atoms with Crippen LogP contribution in [0, 0.1) is 0 Å². The number of hydrogen-bond acceptors (Lipinski definition) is 6. The van der Waals surface area contributed by atoms with Crippen LogP contribution >= 0.6 is 0 Å². The fraction of sp³-hybridized carbons (Fsp3) is 0.647. The monoisotopic (exact) mass is 345 g/mol. The van der Waals surface area contributed by atoms with Crippen LogP contribution < -0.4 is 0 Å². The molecule has 0 spiro atoms. The summed E-state index contributed by atoms with van der Waals surface area (Å²) in [5.74, 6) is 1.11. The van der Waals surface area contributed by atoms with Crippen molar-refractivity contribution >= 4 is 5.91 Å². The van der Waals surface area contributed by atoms with Gasteiger partial charge in [0.25, 0.3) is 5.91 Å². The maximum Gasteiger partial charge on any atom is 0.275 e. The van der Waals surface area contributed by atoms with Crippen LogP contribution in [0.1, 0.15) is 65.2 Å². The number of piperidine rings is 1. The van der Waals surface area contributed by atoms with E-state index in [-0.39, 0.29) is 11.9 Å². The third kappa shape index (κ3) is 3.06. The number of likely N-dealkylation sites (tertiary alicyclic amines) is 1. The zero-order chi connectivity index (χ0) is 17.2. The van der Waals surface area contributed by atoms with E-state index in [0.29, 0.717) is 37.0 Å². The van der Waals surface area contributed by atoms with Crippen molar-refractivity contribution in [2.24, 2.45) is 0 Å². The van der Waals surface area contributed by atoms with Crippen LogP contribution in [0.3, 0.4) is 0 Å². The third-order valence-corrected chi connectivity index (χ3v) is 5.07. The van der Waals surface area contributed by atoms with Crippen LogP contribution in [0.25, 0.3) is 0 Å². The van der Waals surface area contributed by atoms with Crippen molar-refractivity contribution in [1.82, 2.24) is 25.2 Å². The summed E-state index contributed by atoms with van der Waals surface area (Å²) in [7, 11) is 1.64. The van der Waals surface area contributed by atoms with E-state index >= 15 is 0 Å². The molecular weight excluding hydrogens is 322 g/mol. The molecule has 3 heterocycles. The first-order valence-electron chi connectivity index (χ1n) is 8.96. The fourth-order valence-corrected chi connectivity index (χ4v) is 3.76. The van der Waals surface area contributed by atoms with E-state index < -0.39 is 0 Å². The van der Waals surface area contributed by atoms with E-state index in [4.69, 9.17) is 9.26 Å². The van der Waals surface area contributed by atoms with Crippen molar-refractivity contribution < 1.29 is 14.1 Å². The van der Waals surface area contributed by atoms with Gasteiger partial charge >= 0.3 is 0 Å². The number of nitrogens with zero attached hydrogens (tertiary/aromatic N) is 4. The Morgan fingerprint density at radius 1 is 1.36 bits per heavy atom. The number of H-pyrrole nitrogens is 1. The summed E-state index contributed by atoms with van der Waals surface area (Å²) < 4.78 is 10.5. The van der Waals surface area contributed by atoms with Crippen LogP contribution in [-0.4, -0.2) is 51.4 Å². The molecule has 1 fully saturated rings. The number of carbonyl (C=O) groups excluding carboxylic acids is 1. The van der Waals surface area contributed by atoms with E-state index in [9.17, 15) is 4.79 Å². The number of aromatic amines is 1. The van der Waals surface area contributed by atoms with Crippen LogP contribution in [0.2, 0.25) is 0 Å². The minimum atomic E-state index is -0.168. The van der Waals surface area contributed by atoms with Gasteiger partial charge in [0.15, 0.2) is 11.5 Å². The second-order valence-corrected chi connectivity index (χ2v) is 6.68. The smallest absolute Gasteiger partial charge is 0.275 e. The molecule has 1 saturated heterocycles. The van der Waals surface area contributed by atoms with Gasteiger partial charge in [-0.05, 0) is 38.5 Å². The topological polar surface area (TPSA) is 97.1 Å². The van der Waals surface area contributed by atoms with Crippen LogP contribution in [0.4, 0.5) is 0 Å². The second kappa shape index (κ2) is 6.95. The average molecular weight is 345 g/mol. The van der Waals surface area contributed by atoms with E-state index in [2.05, 4.69) is 20.3 Å². The SMILES string of the molecule is COCCc1noc(C2CCCCN2C(=O)c2n[nH]c3c2CCC3)n1. The van der Waals surface area contributed by atoms with Gasteiger partial charge in [0.2, 0.25) is 5.89 Å². The Kier molecular flexibility index (Phi) is 4.52. The Hall–Kier alpha value is -2.22. The number of fused-ring (bicyclic) bond motifs is 1. The summed E-state index contributed by atoms with van der Waals surface area (Å²) in [5, 5.41) is 11.3. The molecule has 1 unspecified atom stereocenters. The molecule has 1 atom stereocenters. The molecule has 1 amide bonds. The number of hydrogen-bond donors (Lipinski definition) is 1. The molecule has 8 heteroatoms. The second-order valence-electron chi connectivity index (χ2n) is 6.68. The summed E-state index contributed by atoms with van der Waals surface area (Å²) in [6.45, 7) is 1.24. The Balaban J connectivity index is 1.56. The number of aromatic nitrogens is 4. The highest BCUT2D eigenvalue weighted by molar-refractivity contribution is 5.94. The van der Waals surface area contributed by atoms with Crippen molar-refractivity contribution in [2.45, 2.75) is 51.0 Å². The highest BCUT2D eigenvalue weighted by Crippen LogP contribution is 2.32. The summed E-state index contributed by atoms with van der Waals surface area (Å²) >= 11 is 0. The largest absolute Gasteiger partial charge is 0.384 e. The van der Waals surface area contributed by atoms with Crippen molar-refractivity contribution in [2.75, 3.05) is 20.3 Å². The first-order valence-corrected chi connectivity index (χ1v) is 8.96. The summed E-state index contributed by atoms with van der Waals surface area (Å²) in [6.07, 6.45) is 6.46. The molecule has 1 aliphatic heterocycles. The molecule has 0 saturated carbocycles. The number of carbonyl (C=O) groups is 1. The third-order valence-electron chi connectivity index (χ3n) is 5.07. The van der Waals surface area contributed by atoms with Gasteiger partial charge in [0.1, 0.15) is 6.04 Å². The predicted molar refractivity (Wildman–Crippen MR) is 88.1 cm³/mol. The van der Waals surface area contributed by atoms with Gasteiger partial charge < -0.3 is 14.2 Å². The van der Waals surface area contributed by atoms with Crippen molar-refractivity contribution in [1.29, 1.82) is 0 Å². The Labute approximate surface area is 145 Å². The first-order chi connectivity index (χ1) is 12.3. The Bertz CT molecular complexity index is 753. The van der Waals surface area contributed by atoms with Crippen LogP contribution in [-0.2, 0) is 24.0 Å². The number of methoxy groups -OCH3 is 1. The fourth-order valence-electron chi connectivity index (χ4n) is 3.76. The number of aryl methyl sites for hydroxylation is 1. The van der Waals surface area contributed by atoms with Gasteiger partial charge in [-0.1, -0.05) is 5.16 Å². The van der Waals surface area contributed by atoms with Crippen molar-refractivity contribution in [3.8, 4) is 0 Å². The first kappa shape index (κ1) is 16.3. The minimum absolute atomic E-state index is 0.0271. The van der Waals surface area contributed by atoms with E-state index in [0.717, 1.165) is 49.8 Å². The van der Waals surface area contributed by atoms with Gasteiger partial charge in [-0.15, -0.1) is 0 Å². The average Bonchev–Trinajstić information content (AvgIpc) is 3.36. The molecule has 1 aliphatic carbocycles. The molecule has 8 nitrogen and oxygen atoms in total. The summed E-state index contributed by atoms with van der Waals surface area (Å²) in [5.41, 5.74) is 2.76. The van der Waals surface area contributed by atoms with Gasteiger partial charge in [0.05, 0.1) is 6.61 Å². The van der Waals surface area contributed by atoms with Gasteiger partial charge in [-0.3, -0.25) is 9.89 Å². The Morgan fingerprint density at radius 2 is 2.28 bits per heavy atom. The lowest BCUT2D eigenvalue weighted by Crippen LogP contribution is -2.39. The molecule has 0 radical (unpaired) electrons. The highest BCUT2D eigenvalue weighted by Gasteiger charge is 2.35. The predicted octanol–water partition coefficient (Wildman–Crippen LogP) is 1.84. The lowest BCUT2D eigenvalue weighted by Gasteiger charge is -2.33. The molecule has 0 aromatic carbocycles. The van der Waals surface area contributed by atoms with Crippen molar-refractivity contribution in [3.63, 3.8) is 0 Å². The maximum absolute atomic E-state index is 13.1. The Morgan fingerprint density at radius 3 is 3.16 bits per heavy atom. The summed E-state index contributed by atoms with van der Waals surface area (Å²) in [6, 6.07) is -0.168. The van der Waals surface area contributed by atoms with Crippen LogP contribution in [0.5, 0.6) is 0 Å². The number of rotatable bonds is 5. The van der Waals surface area contributed by atoms with E-state index in [1.165, 1.54) is 0 Å². The lowest BCUT2D eigenvalue weighted by molar-refractivity contribution is 0.0554. The molecule has 4 rings (SSSR count).